The van der Waals surface area contributed by atoms with Crippen molar-refractivity contribution in [3.63, 3.8) is 0 Å². The molecule has 3 atom stereocenters. The lowest BCUT2D eigenvalue weighted by atomic mass is 9.91. The lowest BCUT2D eigenvalue weighted by Gasteiger charge is -2.36. The smallest absolute Gasteiger partial charge is 0.245 e. The Morgan fingerprint density at radius 2 is 2.04 bits per heavy atom. The molecule has 1 aliphatic heterocycles. The molecule has 3 unspecified atom stereocenters. The summed E-state index contributed by atoms with van der Waals surface area (Å²) >= 11 is 1.69. The monoisotopic (exact) mass is 413 g/mol. The number of nitrogens with zero attached hydrogens (tertiary/aromatic N) is 1. The van der Waals surface area contributed by atoms with Crippen LogP contribution in [-0.4, -0.2) is 53.9 Å². The van der Waals surface area contributed by atoms with Crippen molar-refractivity contribution >= 4 is 36.0 Å². The van der Waals surface area contributed by atoms with Crippen molar-refractivity contribution in [2.75, 3.05) is 25.1 Å². The third kappa shape index (κ3) is 7.72. The first kappa shape index (κ1) is 23.8. The number of rotatable bonds is 8. The second-order valence-corrected chi connectivity index (χ2v) is 8.10. The number of thioether (sulfide) groups is 1. The van der Waals surface area contributed by atoms with Crippen LogP contribution < -0.4 is 11.1 Å². The van der Waals surface area contributed by atoms with E-state index in [0.717, 1.165) is 30.7 Å². The lowest BCUT2D eigenvalue weighted by molar-refractivity contribution is -0.138. The minimum atomic E-state index is -0.453. The number of hydrogen-bond donors (Lipinski definition) is 2. The van der Waals surface area contributed by atoms with Gasteiger partial charge in [0.15, 0.2) is 0 Å². The van der Waals surface area contributed by atoms with Gasteiger partial charge in [0, 0.05) is 19.1 Å². The summed E-state index contributed by atoms with van der Waals surface area (Å²) in [5.41, 5.74) is 7.00. The number of likely N-dealkylation sites (tertiary alicyclic amines) is 1. The number of benzene rings is 1. The molecule has 1 fully saturated rings. The average Bonchev–Trinajstić information content (AvgIpc) is 2.65. The van der Waals surface area contributed by atoms with E-state index >= 15 is 0 Å². The molecule has 0 radical (unpaired) electrons. The Kier molecular flexibility index (Phi) is 10.8. The van der Waals surface area contributed by atoms with Gasteiger partial charge in [-0.1, -0.05) is 30.3 Å². The van der Waals surface area contributed by atoms with E-state index in [0.29, 0.717) is 25.3 Å². The van der Waals surface area contributed by atoms with Crippen molar-refractivity contribution in [2.45, 2.75) is 44.7 Å². The molecule has 1 heterocycles. The van der Waals surface area contributed by atoms with Gasteiger partial charge in [0.25, 0.3) is 0 Å². The summed E-state index contributed by atoms with van der Waals surface area (Å²) in [6.45, 7) is 3.46. The molecule has 2 rings (SSSR count). The third-order valence-corrected chi connectivity index (χ3v) is 5.61. The van der Waals surface area contributed by atoms with Crippen LogP contribution in [0.4, 0.5) is 0 Å². The van der Waals surface area contributed by atoms with Crippen LogP contribution in [0.1, 0.15) is 31.7 Å². The highest BCUT2D eigenvalue weighted by atomic mass is 35.5. The van der Waals surface area contributed by atoms with Gasteiger partial charge < -0.3 is 16.0 Å². The fourth-order valence-electron chi connectivity index (χ4n) is 3.38. The Hall–Kier alpha value is -1.24. The Morgan fingerprint density at radius 3 is 2.67 bits per heavy atom. The van der Waals surface area contributed by atoms with Gasteiger partial charge in [-0.25, -0.2) is 0 Å². The summed E-state index contributed by atoms with van der Waals surface area (Å²) in [4.78, 5) is 27.4. The molecule has 1 aromatic carbocycles. The van der Waals surface area contributed by atoms with Gasteiger partial charge in [0.2, 0.25) is 11.8 Å². The van der Waals surface area contributed by atoms with Crippen LogP contribution in [-0.2, 0) is 16.0 Å². The second-order valence-electron chi connectivity index (χ2n) is 7.11. The molecule has 5 nitrogen and oxygen atoms in total. The topological polar surface area (TPSA) is 75.4 Å². The minimum absolute atomic E-state index is 0. The quantitative estimate of drug-likeness (QED) is 0.686. The van der Waals surface area contributed by atoms with Gasteiger partial charge >= 0.3 is 0 Å². The van der Waals surface area contributed by atoms with Gasteiger partial charge in [-0.05, 0) is 49.7 Å². The highest BCUT2D eigenvalue weighted by Crippen LogP contribution is 2.20. The first-order valence-corrected chi connectivity index (χ1v) is 10.8. The van der Waals surface area contributed by atoms with Crippen LogP contribution in [0, 0.1) is 5.92 Å². The normalized spacial score (nSPS) is 18.9. The zero-order valence-corrected chi connectivity index (χ0v) is 17.9. The molecule has 0 spiro atoms. The second kappa shape index (κ2) is 12.3. The summed E-state index contributed by atoms with van der Waals surface area (Å²) in [6.07, 6.45) is 5.01. The van der Waals surface area contributed by atoms with Crippen LogP contribution in [0.3, 0.4) is 0 Å². The van der Waals surface area contributed by atoms with Crippen molar-refractivity contribution in [2.24, 2.45) is 11.7 Å². The number of amides is 2. The Morgan fingerprint density at radius 1 is 1.33 bits per heavy atom. The summed E-state index contributed by atoms with van der Waals surface area (Å²) in [5, 5.41) is 2.97. The van der Waals surface area contributed by atoms with E-state index in [1.807, 2.05) is 48.4 Å². The SMILES string of the molecule is CSCCC(NC(=O)Cc1ccccc1)C(=O)N1CCCC(C(C)N)C1.Cl. The van der Waals surface area contributed by atoms with Gasteiger partial charge in [-0.15, -0.1) is 12.4 Å². The zero-order valence-electron chi connectivity index (χ0n) is 16.2. The number of carbonyl (C=O) groups excluding carboxylic acids is 2. The molecule has 3 N–H and O–H groups in total. The molecule has 1 saturated heterocycles. The first-order chi connectivity index (χ1) is 12.5. The first-order valence-electron chi connectivity index (χ1n) is 9.38. The molecule has 27 heavy (non-hydrogen) atoms. The Balaban J connectivity index is 0.00000364. The molecular weight excluding hydrogens is 382 g/mol. The molecular formula is C20H32ClN3O2S. The van der Waals surface area contributed by atoms with E-state index < -0.39 is 6.04 Å². The third-order valence-electron chi connectivity index (χ3n) is 4.96. The molecule has 0 bridgehead atoms. The predicted molar refractivity (Wildman–Crippen MR) is 115 cm³/mol. The van der Waals surface area contributed by atoms with E-state index in [4.69, 9.17) is 5.73 Å². The summed E-state index contributed by atoms with van der Waals surface area (Å²) in [6, 6.07) is 9.25. The lowest BCUT2D eigenvalue weighted by Crippen LogP contribution is -2.53. The largest absolute Gasteiger partial charge is 0.344 e. The fourth-order valence-corrected chi connectivity index (χ4v) is 3.85. The predicted octanol–water partition coefficient (Wildman–Crippen LogP) is 2.47. The summed E-state index contributed by atoms with van der Waals surface area (Å²) in [5.74, 6) is 1.11. The van der Waals surface area contributed by atoms with Gasteiger partial charge in [0.1, 0.15) is 6.04 Å². The molecule has 1 aliphatic rings. The van der Waals surface area contributed by atoms with E-state index in [-0.39, 0.29) is 30.3 Å². The van der Waals surface area contributed by atoms with Crippen LogP contribution in [0.25, 0.3) is 0 Å². The van der Waals surface area contributed by atoms with E-state index in [2.05, 4.69) is 5.32 Å². The van der Waals surface area contributed by atoms with E-state index in [1.165, 1.54) is 0 Å². The standard InChI is InChI=1S/C20H31N3O2S.ClH/c1-15(21)17-9-6-11-23(14-17)20(25)18(10-12-26-2)22-19(24)13-16-7-4-3-5-8-16;/h3-5,7-8,15,17-18H,6,9-14,21H2,1-2H3,(H,22,24);1H. The summed E-state index contributed by atoms with van der Waals surface area (Å²) < 4.78 is 0. The van der Waals surface area contributed by atoms with Crippen LogP contribution in [0.2, 0.25) is 0 Å². The summed E-state index contributed by atoms with van der Waals surface area (Å²) in [7, 11) is 0. The number of halogens is 1. The number of nitrogens with one attached hydrogen (secondary N) is 1. The molecule has 0 aromatic heterocycles. The Labute approximate surface area is 173 Å². The van der Waals surface area contributed by atoms with Crippen LogP contribution in [0.5, 0.6) is 0 Å². The molecule has 1 aromatic rings. The molecule has 0 aliphatic carbocycles. The molecule has 152 valence electrons. The van der Waals surface area contributed by atoms with Crippen molar-refractivity contribution < 1.29 is 9.59 Å². The number of hydrogen-bond acceptors (Lipinski definition) is 4. The fraction of sp³-hybridized carbons (Fsp3) is 0.600. The average molecular weight is 414 g/mol. The van der Waals surface area contributed by atoms with E-state index in [9.17, 15) is 9.59 Å². The maximum Gasteiger partial charge on any atom is 0.245 e. The number of carbonyl (C=O) groups is 2. The van der Waals surface area contributed by atoms with Crippen molar-refractivity contribution in [3.05, 3.63) is 35.9 Å². The van der Waals surface area contributed by atoms with E-state index in [1.54, 1.807) is 11.8 Å². The maximum atomic E-state index is 13.0. The van der Waals surface area contributed by atoms with Gasteiger partial charge in [0.05, 0.1) is 6.42 Å². The van der Waals surface area contributed by atoms with Gasteiger partial charge in [-0.3, -0.25) is 9.59 Å². The highest BCUT2D eigenvalue weighted by molar-refractivity contribution is 7.98. The zero-order chi connectivity index (χ0) is 18.9. The Bertz CT molecular complexity index is 586. The minimum Gasteiger partial charge on any atom is -0.344 e. The van der Waals surface area contributed by atoms with Crippen LogP contribution in [0.15, 0.2) is 30.3 Å². The van der Waals surface area contributed by atoms with Crippen molar-refractivity contribution in [1.29, 1.82) is 0 Å². The molecule has 2 amide bonds. The molecule has 0 saturated carbocycles. The maximum absolute atomic E-state index is 13.0. The van der Waals surface area contributed by atoms with Crippen LogP contribution >= 0.6 is 24.2 Å². The number of nitrogens with two attached hydrogens (primary N) is 1. The highest BCUT2D eigenvalue weighted by Gasteiger charge is 2.30. The number of piperidine rings is 1. The van der Waals surface area contributed by atoms with Crippen molar-refractivity contribution in [3.8, 4) is 0 Å². The van der Waals surface area contributed by atoms with Crippen molar-refractivity contribution in [1.82, 2.24) is 10.2 Å². The molecule has 7 heteroatoms. The van der Waals surface area contributed by atoms with Gasteiger partial charge in [-0.2, -0.15) is 11.8 Å².